The largest absolute Gasteiger partial charge is 0.469 e. The molecule has 3 aliphatic carbocycles. The van der Waals surface area contributed by atoms with Crippen LogP contribution in [0, 0.1) is 35.3 Å². The molecular weight excluding hydrogens is 841 g/mol. The molecule has 0 bridgehead atoms. The van der Waals surface area contributed by atoms with Gasteiger partial charge < -0.3 is 24.7 Å². The van der Waals surface area contributed by atoms with Gasteiger partial charge >= 0.3 is 12.1 Å². The van der Waals surface area contributed by atoms with E-state index in [2.05, 4.69) is 113 Å². The predicted molar refractivity (Wildman–Crippen MR) is 268 cm³/mol. The summed E-state index contributed by atoms with van der Waals surface area (Å²) in [5, 5.41) is 3.58. The number of nitrogens with zero attached hydrogens (tertiary/aromatic N) is 1. The quantitative estimate of drug-likeness (QED) is 0.0972. The highest BCUT2D eigenvalue weighted by Crippen LogP contribution is 2.56. The van der Waals surface area contributed by atoms with Gasteiger partial charge in [-0.1, -0.05) is 122 Å². The molecule has 360 valence electrons. The van der Waals surface area contributed by atoms with Crippen LogP contribution in [0.4, 0.5) is 13.6 Å². The Morgan fingerprint density at radius 1 is 0.851 bits per heavy atom. The van der Waals surface area contributed by atoms with Crippen molar-refractivity contribution in [2.45, 2.75) is 147 Å². The third kappa shape index (κ3) is 9.37. The van der Waals surface area contributed by atoms with Gasteiger partial charge in [0.1, 0.15) is 11.6 Å². The summed E-state index contributed by atoms with van der Waals surface area (Å²) in [7, 11) is 2.81. The van der Waals surface area contributed by atoms with Gasteiger partial charge in [-0.3, -0.25) is 4.79 Å². The van der Waals surface area contributed by atoms with Crippen molar-refractivity contribution in [2.24, 2.45) is 23.7 Å². The van der Waals surface area contributed by atoms with Crippen LogP contribution >= 0.6 is 0 Å². The topological polar surface area (TPSA) is 83.7 Å². The van der Waals surface area contributed by atoms with E-state index < -0.39 is 6.09 Å². The monoisotopic (exact) mass is 916 g/mol. The molecular formula is C58H75F2N3O4. The number of benzene rings is 3. The number of ether oxygens (including phenoxy) is 2. The number of hydrogen-bond acceptors (Lipinski definition) is 5. The van der Waals surface area contributed by atoms with Gasteiger partial charge in [-0.2, -0.15) is 0 Å². The molecule has 0 spiro atoms. The van der Waals surface area contributed by atoms with Crippen molar-refractivity contribution < 1.29 is 29.3 Å². The molecule has 8 atom stereocenters. The number of alkyl carbamates (subject to hydrolysis) is 1. The van der Waals surface area contributed by atoms with Crippen molar-refractivity contribution in [3.05, 3.63) is 135 Å². The Bertz CT molecular complexity index is 2550. The molecule has 67 heavy (non-hydrogen) atoms. The average Bonchev–Trinajstić information content (AvgIpc) is 4.15. The normalized spacial score (nSPS) is 23.7. The van der Waals surface area contributed by atoms with Gasteiger partial charge in [0.05, 0.1) is 32.7 Å². The van der Waals surface area contributed by atoms with Crippen molar-refractivity contribution in [3.8, 4) is 0 Å². The number of methoxy groups -OCH3 is 2. The van der Waals surface area contributed by atoms with Crippen molar-refractivity contribution in [1.29, 1.82) is 0 Å². The molecule has 2 heterocycles. The van der Waals surface area contributed by atoms with Crippen molar-refractivity contribution in [2.75, 3.05) is 20.8 Å². The third-order valence-electron chi connectivity index (χ3n) is 16.3. The lowest BCUT2D eigenvalue weighted by molar-refractivity contribution is -0.141. The van der Waals surface area contributed by atoms with Crippen LogP contribution < -0.4 is 5.32 Å². The zero-order valence-electron chi connectivity index (χ0n) is 41.4. The number of halogens is 2. The van der Waals surface area contributed by atoms with E-state index in [1.165, 1.54) is 25.4 Å². The number of aromatic nitrogens is 1. The molecule has 4 aliphatic rings. The summed E-state index contributed by atoms with van der Waals surface area (Å²) in [4.78, 5) is 30.7. The number of likely N-dealkylation sites (tertiary alicyclic amines) is 1. The smallest absolute Gasteiger partial charge is 0.407 e. The van der Waals surface area contributed by atoms with Crippen LogP contribution in [0.1, 0.15) is 164 Å². The summed E-state index contributed by atoms with van der Waals surface area (Å²) in [6.45, 7) is 24.9. The van der Waals surface area contributed by atoms with Crippen molar-refractivity contribution in [3.63, 3.8) is 0 Å². The maximum Gasteiger partial charge on any atom is 0.407 e. The maximum atomic E-state index is 17.5. The molecule has 2 N–H and O–H groups in total. The molecule has 7 nitrogen and oxygen atoms in total. The lowest BCUT2D eigenvalue weighted by Crippen LogP contribution is -2.46. The van der Waals surface area contributed by atoms with Crippen LogP contribution in [-0.2, 0) is 26.1 Å². The number of aromatic amines is 1. The van der Waals surface area contributed by atoms with Crippen LogP contribution in [0.2, 0.25) is 0 Å². The number of carbonyl (C=O) groups is 2. The van der Waals surface area contributed by atoms with E-state index >= 15 is 8.78 Å². The standard InChI is InChI=1S/C58H73F2N3O4.H2/c1-32(2)46(31-52(64)66-10)34(5)40-14-12-15-41(40)50-30-48-49(61-50)26-25-45(55(48)60)43-24-23-42(53(43)36-17-20-39(21-18-36)58(7,8)9)44-22-19-37-28-38(29-47(37)54(44)59)51-16-13-27-63(51)35(6)56(33(3)4)62-57(65)67-11;/h17-22,25-26,28,30,32-33,40-43,46,51,53,56,61H,5-6,12-16,23-24,27,29,31H2,1-4,7-11H3,(H,62,65);1H/t40?,41-,42?,43?,46+,51+,53?,56+;/m1./s1. The molecule has 3 fully saturated rings. The Balaban J connectivity index is 0.00000684. The van der Waals surface area contributed by atoms with E-state index in [4.69, 9.17) is 9.47 Å². The average molecular weight is 916 g/mol. The SMILES string of the molecule is C=C(C1CCC[C@H]1c1cc2c(F)c(C3CCC(c4ccc5c(c4F)CC([C@@H]4CCCN4C(=C)[C@@H](NC(=O)OC)C(C)C)=C5)C3c3ccc(C(C)(C)C)cc3)ccc2[nH]1)[C@@H](CC(=O)OC)C(C)C.[HH]. The second-order valence-electron chi connectivity index (χ2n) is 21.8. The summed E-state index contributed by atoms with van der Waals surface area (Å²) in [5.41, 5.74) is 10.2. The molecule has 8 rings (SSSR count). The molecule has 4 unspecified atom stereocenters. The van der Waals surface area contributed by atoms with Crippen molar-refractivity contribution in [1.82, 2.24) is 15.2 Å². The molecule has 3 aromatic carbocycles. The zero-order chi connectivity index (χ0) is 48.1. The Morgan fingerprint density at radius 3 is 2.18 bits per heavy atom. The summed E-state index contributed by atoms with van der Waals surface area (Å²) in [6, 6.07) is 18.7. The Morgan fingerprint density at radius 2 is 1.54 bits per heavy atom. The van der Waals surface area contributed by atoms with Gasteiger partial charge in [0.2, 0.25) is 0 Å². The van der Waals surface area contributed by atoms with Gasteiger partial charge in [0, 0.05) is 36.2 Å². The number of fused-ring (bicyclic) bond motifs is 2. The first-order valence-corrected chi connectivity index (χ1v) is 24.9. The zero-order valence-corrected chi connectivity index (χ0v) is 41.4. The highest BCUT2D eigenvalue weighted by Gasteiger charge is 2.43. The van der Waals surface area contributed by atoms with E-state index in [0.717, 1.165) is 90.7 Å². The number of carbonyl (C=O) groups excluding carboxylic acids is 2. The number of allylic oxidation sites excluding steroid dienone is 1. The fraction of sp³-hybridized carbons (Fsp3) is 0.517. The number of esters is 1. The van der Waals surface area contributed by atoms with E-state index in [-0.39, 0.29) is 83.9 Å². The summed E-state index contributed by atoms with van der Waals surface area (Å²) in [5.74, 6) is -0.349. The second-order valence-corrected chi connectivity index (χ2v) is 21.8. The number of rotatable bonds is 14. The van der Waals surface area contributed by atoms with E-state index in [0.29, 0.717) is 29.4 Å². The van der Waals surface area contributed by atoms with Crippen LogP contribution in [0.5, 0.6) is 0 Å². The number of nitrogens with one attached hydrogen (secondary N) is 2. The molecule has 9 heteroatoms. The molecule has 1 aromatic heterocycles. The first-order chi connectivity index (χ1) is 31.9. The first-order valence-electron chi connectivity index (χ1n) is 24.9. The molecule has 1 aliphatic heterocycles. The Hall–Kier alpha value is -5.18. The summed E-state index contributed by atoms with van der Waals surface area (Å²) >= 11 is 0. The fourth-order valence-electron chi connectivity index (χ4n) is 12.6. The highest BCUT2D eigenvalue weighted by atomic mass is 19.1. The Kier molecular flexibility index (Phi) is 14.0. The van der Waals surface area contributed by atoms with Gasteiger partial charge in [-0.15, -0.1) is 0 Å². The number of H-pyrrole nitrogens is 1. The van der Waals surface area contributed by atoms with Gasteiger partial charge in [-0.25, -0.2) is 13.6 Å². The van der Waals surface area contributed by atoms with E-state index in [9.17, 15) is 9.59 Å². The minimum atomic E-state index is -0.484. The van der Waals surface area contributed by atoms with Crippen LogP contribution in [0.25, 0.3) is 17.0 Å². The number of hydrogen-bond donors (Lipinski definition) is 2. The van der Waals surface area contributed by atoms with Crippen LogP contribution in [-0.4, -0.2) is 54.8 Å². The van der Waals surface area contributed by atoms with E-state index in [1.807, 2.05) is 24.3 Å². The number of amides is 1. The highest BCUT2D eigenvalue weighted by molar-refractivity contribution is 5.82. The summed E-state index contributed by atoms with van der Waals surface area (Å²) < 4.78 is 44.9. The minimum absolute atomic E-state index is 0. The van der Waals surface area contributed by atoms with Gasteiger partial charge in [-0.05, 0) is 143 Å². The minimum Gasteiger partial charge on any atom is -0.469 e. The van der Waals surface area contributed by atoms with E-state index in [1.54, 1.807) is 0 Å². The van der Waals surface area contributed by atoms with Gasteiger partial charge in [0.25, 0.3) is 0 Å². The summed E-state index contributed by atoms with van der Waals surface area (Å²) in [6.07, 6.45) is 8.87. The predicted octanol–water partition coefficient (Wildman–Crippen LogP) is 14.0. The fourth-order valence-corrected chi connectivity index (χ4v) is 12.6. The Labute approximate surface area is 399 Å². The van der Waals surface area contributed by atoms with Crippen molar-refractivity contribution >= 4 is 29.0 Å². The molecule has 0 radical (unpaired) electrons. The molecule has 1 saturated heterocycles. The van der Waals surface area contributed by atoms with Crippen LogP contribution in [0.3, 0.4) is 0 Å². The lowest BCUT2D eigenvalue weighted by Gasteiger charge is -2.35. The first kappa shape index (κ1) is 48.3. The molecule has 1 amide bonds. The van der Waals surface area contributed by atoms with Gasteiger partial charge in [0.15, 0.2) is 0 Å². The molecule has 4 aromatic rings. The maximum absolute atomic E-state index is 17.5. The lowest BCUT2D eigenvalue weighted by atomic mass is 9.75. The third-order valence-corrected chi connectivity index (χ3v) is 16.3. The second kappa shape index (κ2) is 19.4. The van der Waals surface area contributed by atoms with Crippen LogP contribution in [0.15, 0.2) is 84.6 Å². The molecule has 2 saturated carbocycles.